The number of carbonyl (C=O) groups excluding carboxylic acids is 2. The van der Waals surface area contributed by atoms with Gasteiger partial charge in [-0.1, -0.05) is 67.2 Å². The average Bonchev–Trinajstić information content (AvgIpc) is 3.16. The van der Waals surface area contributed by atoms with Gasteiger partial charge in [0.05, 0.1) is 0 Å². The summed E-state index contributed by atoms with van der Waals surface area (Å²) in [6.45, 7) is 2.15. The maximum atomic E-state index is 12.9. The molecule has 1 N–H and O–H groups in total. The highest BCUT2D eigenvalue weighted by Crippen LogP contribution is 2.34. The van der Waals surface area contributed by atoms with Gasteiger partial charge in [-0.25, -0.2) is 4.79 Å². The Balaban J connectivity index is 1.59. The molecule has 1 amide bonds. The molecule has 7 heteroatoms. The smallest absolute Gasteiger partial charge is 0.326 e. The number of carbonyl (C=O) groups is 3. The third-order valence-electron chi connectivity index (χ3n) is 4.77. The molecule has 1 fully saturated rings. The largest absolute Gasteiger partial charge is 0.480 e. The summed E-state index contributed by atoms with van der Waals surface area (Å²) >= 11 is 2.70. The maximum absolute atomic E-state index is 12.9. The molecule has 0 aromatic heterocycles. The van der Waals surface area contributed by atoms with Crippen molar-refractivity contribution in [1.29, 1.82) is 0 Å². The van der Waals surface area contributed by atoms with E-state index in [1.54, 1.807) is 43.0 Å². The summed E-state index contributed by atoms with van der Waals surface area (Å²) < 4.78 is 0. The first kappa shape index (κ1) is 21.5. The molecular weight excluding hydrogens is 406 g/mol. The number of carboxylic acids is 1. The van der Waals surface area contributed by atoms with Crippen LogP contribution >= 0.6 is 23.5 Å². The topological polar surface area (TPSA) is 74.7 Å². The fourth-order valence-electron chi connectivity index (χ4n) is 3.26. The predicted molar refractivity (Wildman–Crippen MR) is 116 cm³/mol. The van der Waals surface area contributed by atoms with Crippen LogP contribution in [0.3, 0.4) is 0 Å². The lowest BCUT2D eigenvalue weighted by Gasteiger charge is -2.24. The Morgan fingerprint density at radius 1 is 1.07 bits per heavy atom. The molecule has 0 spiro atoms. The van der Waals surface area contributed by atoms with E-state index in [0.29, 0.717) is 24.3 Å². The summed E-state index contributed by atoms with van der Waals surface area (Å²) in [5.41, 5.74) is 0.598. The number of hydrogen-bond acceptors (Lipinski definition) is 5. The minimum Gasteiger partial charge on any atom is -0.480 e. The quantitative estimate of drug-likeness (QED) is 0.716. The number of likely N-dealkylation sites (tertiary alicyclic amines) is 1. The standard InChI is InChI=1S/C22H23NO4S2/c1-15(14-28-22(27)16-8-4-2-5-9-16)20(24)23-13-18(12-19(23)21(25)26)29-17-10-6-3-7-11-17/h2-11,15,18-19H,12-14H2,1H3,(H,25,26)/t15-,18+,19-/m1/s1. The summed E-state index contributed by atoms with van der Waals surface area (Å²) in [4.78, 5) is 39.5. The Morgan fingerprint density at radius 2 is 1.69 bits per heavy atom. The minimum atomic E-state index is -0.977. The van der Waals surface area contributed by atoms with Crippen molar-refractivity contribution in [1.82, 2.24) is 4.90 Å². The van der Waals surface area contributed by atoms with Crippen LogP contribution in [0.1, 0.15) is 23.7 Å². The second-order valence-electron chi connectivity index (χ2n) is 7.00. The summed E-state index contributed by atoms with van der Waals surface area (Å²) in [5, 5.41) is 9.55. The lowest BCUT2D eigenvalue weighted by atomic mass is 10.1. The molecule has 1 heterocycles. The number of hydrogen-bond donors (Lipinski definition) is 1. The Kier molecular flexibility index (Phi) is 7.39. The average molecular weight is 430 g/mol. The van der Waals surface area contributed by atoms with Crippen molar-refractivity contribution >= 4 is 40.5 Å². The highest BCUT2D eigenvalue weighted by atomic mass is 32.2. The summed E-state index contributed by atoms with van der Waals surface area (Å²) in [5.74, 6) is -1.29. The molecule has 1 saturated heterocycles. The molecule has 2 aromatic carbocycles. The van der Waals surface area contributed by atoms with Crippen molar-refractivity contribution in [3.05, 3.63) is 66.2 Å². The van der Waals surface area contributed by atoms with Crippen LogP contribution in [-0.4, -0.2) is 50.6 Å². The van der Waals surface area contributed by atoms with Crippen molar-refractivity contribution in [2.24, 2.45) is 5.92 Å². The van der Waals surface area contributed by atoms with Gasteiger partial charge in [0.2, 0.25) is 11.0 Å². The molecule has 3 rings (SSSR count). The van der Waals surface area contributed by atoms with Gasteiger partial charge in [0.1, 0.15) is 6.04 Å². The monoisotopic (exact) mass is 429 g/mol. The zero-order valence-electron chi connectivity index (χ0n) is 16.1. The predicted octanol–water partition coefficient (Wildman–Crippen LogP) is 4.04. The normalized spacial score (nSPS) is 19.7. The van der Waals surface area contributed by atoms with Gasteiger partial charge >= 0.3 is 5.97 Å². The van der Waals surface area contributed by atoms with E-state index in [0.717, 1.165) is 16.7 Å². The third kappa shape index (κ3) is 5.64. The van der Waals surface area contributed by atoms with E-state index in [-0.39, 0.29) is 16.3 Å². The lowest BCUT2D eigenvalue weighted by molar-refractivity contribution is -0.149. The van der Waals surface area contributed by atoms with Crippen LogP contribution in [0.15, 0.2) is 65.6 Å². The van der Waals surface area contributed by atoms with E-state index < -0.39 is 17.9 Å². The number of thioether (sulfide) groups is 2. The lowest BCUT2D eigenvalue weighted by Crippen LogP contribution is -2.43. The van der Waals surface area contributed by atoms with Gasteiger partial charge in [0.15, 0.2) is 0 Å². The number of carboxylic acid groups (broad SMARTS) is 1. The van der Waals surface area contributed by atoms with Crippen LogP contribution in [0.4, 0.5) is 0 Å². The zero-order chi connectivity index (χ0) is 20.8. The molecule has 5 nitrogen and oxygen atoms in total. The second-order valence-corrected chi connectivity index (χ2v) is 9.37. The van der Waals surface area contributed by atoms with E-state index in [9.17, 15) is 19.5 Å². The van der Waals surface area contributed by atoms with E-state index in [1.807, 2.05) is 36.4 Å². The Labute approximate surface area is 178 Å². The van der Waals surface area contributed by atoms with Crippen LogP contribution in [0, 0.1) is 5.92 Å². The molecule has 152 valence electrons. The molecule has 1 aliphatic heterocycles. The van der Waals surface area contributed by atoms with Crippen molar-refractivity contribution in [3.63, 3.8) is 0 Å². The van der Waals surface area contributed by atoms with Crippen LogP contribution in [-0.2, 0) is 9.59 Å². The van der Waals surface area contributed by atoms with Crippen LogP contribution in [0.5, 0.6) is 0 Å². The highest BCUT2D eigenvalue weighted by Gasteiger charge is 2.41. The number of amides is 1. The van der Waals surface area contributed by atoms with Gasteiger partial charge in [-0.2, -0.15) is 0 Å². The molecular formula is C22H23NO4S2. The van der Waals surface area contributed by atoms with Gasteiger partial charge in [-0.05, 0) is 18.6 Å². The Bertz CT molecular complexity index is 860. The zero-order valence-corrected chi connectivity index (χ0v) is 17.7. The van der Waals surface area contributed by atoms with Crippen molar-refractivity contribution in [2.45, 2.75) is 29.5 Å². The Hall–Kier alpha value is -2.25. The van der Waals surface area contributed by atoms with Crippen LogP contribution < -0.4 is 0 Å². The van der Waals surface area contributed by atoms with Gasteiger partial charge in [-0.15, -0.1) is 11.8 Å². The van der Waals surface area contributed by atoms with Gasteiger partial charge in [-0.3, -0.25) is 9.59 Å². The first-order chi connectivity index (χ1) is 14.0. The SMILES string of the molecule is C[C@H](CSC(=O)c1ccccc1)C(=O)N1C[C@@H](Sc2ccccc2)C[C@@H]1C(=O)O. The van der Waals surface area contributed by atoms with Crippen molar-refractivity contribution < 1.29 is 19.5 Å². The second kappa shape index (κ2) is 9.98. The van der Waals surface area contributed by atoms with Crippen molar-refractivity contribution in [2.75, 3.05) is 12.3 Å². The maximum Gasteiger partial charge on any atom is 0.326 e. The van der Waals surface area contributed by atoms with Crippen LogP contribution in [0.25, 0.3) is 0 Å². The van der Waals surface area contributed by atoms with Gasteiger partial charge in [0.25, 0.3) is 0 Å². The molecule has 29 heavy (non-hydrogen) atoms. The molecule has 0 saturated carbocycles. The van der Waals surface area contributed by atoms with Gasteiger partial charge in [0, 0.05) is 33.9 Å². The fourth-order valence-corrected chi connectivity index (χ4v) is 5.32. The first-order valence-corrected chi connectivity index (χ1v) is 11.3. The van der Waals surface area contributed by atoms with E-state index in [1.165, 1.54) is 4.90 Å². The third-order valence-corrected chi connectivity index (χ3v) is 7.16. The van der Waals surface area contributed by atoms with E-state index in [4.69, 9.17) is 0 Å². The molecule has 0 aliphatic carbocycles. The molecule has 0 bridgehead atoms. The Morgan fingerprint density at radius 3 is 2.31 bits per heavy atom. The van der Waals surface area contributed by atoms with E-state index >= 15 is 0 Å². The summed E-state index contributed by atoms with van der Waals surface area (Å²) in [7, 11) is 0. The summed E-state index contributed by atoms with van der Waals surface area (Å²) in [6, 6.07) is 17.9. The number of aliphatic carboxylic acids is 1. The molecule has 0 unspecified atom stereocenters. The molecule has 1 aliphatic rings. The number of rotatable bonds is 7. The molecule has 3 atom stereocenters. The molecule has 2 aromatic rings. The summed E-state index contributed by atoms with van der Waals surface area (Å²) in [6.07, 6.45) is 0.420. The fraction of sp³-hybridized carbons (Fsp3) is 0.318. The number of nitrogens with zero attached hydrogens (tertiary/aromatic N) is 1. The van der Waals surface area contributed by atoms with Gasteiger partial charge < -0.3 is 10.0 Å². The minimum absolute atomic E-state index is 0.0354. The molecule has 0 radical (unpaired) electrons. The van der Waals surface area contributed by atoms with Crippen molar-refractivity contribution in [3.8, 4) is 0 Å². The highest BCUT2D eigenvalue weighted by molar-refractivity contribution is 8.14. The van der Waals surface area contributed by atoms with E-state index in [2.05, 4.69) is 0 Å². The van der Waals surface area contributed by atoms with Crippen LogP contribution in [0.2, 0.25) is 0 Å². The number of benzene rings is 2. The first-order valence-electron chi connectivity index (χ1n) is 9.43.